The third-order valence-electron chi connectivity index (χ3n) is 16.4. The smallest absolute Gasteiger partial charge is 0.358 e. The topological polar surface area (TPSA) is 164 Å². The Morgan fingerprint density at radius 2 is 1.59 bits per heavy atom. The number of unbranched alkanes of at least 4 members (excludes halogenated alkanes) is 1. The quantitative estimate of drug-likeness (QED) is 0.0603. The number of aromatic nitrogens is 4. The maximum Gasteiger partial charge on any atom is 0.358 e. The van der Waals surface area contributed by atoms with Gasteiger partial charge >= 0.3 is 5.97 Å². The summed E-state index contributed by atoms with van der Waals surface area (Å²) in [4.78, 5) is 69.4. The number of piperidine rings is 1. The van der Waals surface area contributed by atoms with Crippen LogP contribution in [0.15, 0.2) is 84.9 Å². The van der Waals surface area contributed by atoms with Crippen LogP contribution in [0, 0.1) is 19.8 Å². The molecule has 4 aliphatic rings. The van der Waals surface area contributed by atoms with E-state index in [0.717, 1.165) is 120 Å². The standard InChI is InChI=1S/C62H71N9O6S/c1-38-43(44-25-28-53(64-56(44)60(75)77-62(3,4)5)71-32-30-41-14-11-16-45(48(41)37-71)58(73)66-61-63-49-17-7-8-19-52(49)78-61)15-12-18-51(38)76-42-22-20-40(21-23-42)13-9-10-31-69-33-35-70(36-34-69)50-27-24-46-55(67-68(6)57(46)39(50)2)47-26-29-54(72)65-59(47)74/h7-8,11-12,14-19,24-25,27-28,40,42,47H,9-10,13,20-23,26,29-37H2,1-6H3,(H,63,66,73)(H,65,72,74). The predicted octanol–water partition coefficient (Wildman–Crippen LogP) is 11.1. The van der Waals surface area contributed by atoms with Gasteiger partial charge in [-0.25, -0.2) is 14.8 Å². The lowest BCUT2D eigenvalue weighted by atomic mass is 9.84. The summed E-state index contributed by atoms with van der Waals surface area (Å²) in [5.74, 6) is 0.605. The molecule has 2 saturated heterocycles. The summed E-state index contributed by atoms with van der Waals surface area (Å²) in [5, 5.41) is 11.9. The van der Waals surface area contributed by atoms with E-state index in [9.17, 15) is 19.2 Å². The Labute approximate surface area is 460 Å². The summed E-state index contributed by atoms with van der Waals surface area (Å²) in [6, 6.07) is 28.1. The van der Waals surface area contributed by atoms with Crippen LogP contribution >= 0.6 is 11.3 Å². The molecule has 1 unspecified atom stereocenters. The van der Waals surface area contributed by atoms with E-state index in [1.165, 1.54) is 41.9 Å². The molecule has 0 bridgehead atoms. The van der Waals surface area contributed by atoms with Crippen molar-refractivity contribution in [3.8, 4) is 16.9 Å². The molecular formula is C62H71N9O6S. The molecule has 0 spiro atoms. The molecule has 1 aliphatic carbocycles. The van der Waals surface area contributed by atoms with E-state index in [-0.39, 0.29) is 29.5 Å². The Morgan fingerprint density at radius 1 is 0.795 bits per heavy atom. The molecule has 15 nitrogen and oxygen atoms in total. The molecule has 16 heteroatoms. The van der Waals surface area contributed by atoms with Crippen molar-refractivity contribution in [3.05, 3.63) is 124 Å². The number of piperazine rings is 1. The fourth-order valence-corrected chi connectivity index (χ4v) is 13.1. The second kappa shape index (κ2) is 22.3. The van der Waals surface area contributed by atoms with E-state index in [1.54, 1.807) is 0 Å². The van der Waals surface area contributed by atoms with Crippen LogP contribution in [-0.4, -0.2) is 99.3 Å². The molecule has 3 aliphatic heterocycles. The number of esters is 1. The van der Waals surface area contributed by atoms with E-state index in [4.69, 9.17) is 19.6 Å². The fourth-order valence-electron chi connectivity index (χ4n) is 12.3. The molecule has 78 heavy (non-hydrogen) atoms. The number of imide groups is 1. The normalized spacial score (nSPS) is 19.2. The summed E-state index contributed by atoms with van der Waals surface area (Å²) in [6.45, 7) is 16.1. The second-order valence-corrected chi connectivity index (χ2v) is 23.8. The maximum absolute atomic E-state index is 14.1. The lowest BCUT2D eigenvalue weighted by Crippen LogP contribution is -2.46. The first-order chi connectivity index (χ1) is 37.6. The number of ether oxygens (including phenoxy) is 2. The van der Waals surface area contributed by atoms with Gasteiger partial charge in [-0.05, 0) is 168 Å². The lowest BCUT2D eigenvalue weighted by Gasteiger charge is -2.37. The van der Waals surface area contributed by atoms with Gasteiger partial charge in [-0.2, -0.15) is 5.10 Å². The Bertz CT molecular complexity index is 3380. The van der Waals surface area contributed by atoms with Gasteiger partial charge in [-0.15, -0.1) is 0 Å². The summed E-state index contributed by atoms with van der Waals surface area (Å²) in [6.07, 6.45) is 9.68. The number of pyridine rings is 1. The van der Waals surface area contributed by atoms with Crippen molar-refractivity contribution in [3.63, 3.8) is 0 Å². The minimum Gasteiger partial charge on any atom is -0.490 e. The van der Waals surface area contributed by atoms with Crippen molar-refractivity contribution in [1.82, 2.24) is 30.0 Å². The van der Waals surface area contributed by atoms with Crippen molar-refractivity contribution in [2.24, 2.45) is 13.0 Å². The Kier molecular flexibility index (Phi) is 15.1. The number of amides is 3. The highest BCUT2D eigenvalue weighted by molar-refractivity contribution is 7.22. The average molecular weight is 1070 g/mol. The number of carbonyl (C=O) groups is 4. The van der Waals surface area contributed by atoms with Crippen LogP contribution in [0.2, 0.25) is 0 Å². The van der Waals surface area contributed by atoms with Crippen molar-refractivity contribution in [2.45, 2.75) is 123 Å². The number of rotatable bonds is 14. The molecular weight excluding hydrogens is 999 g/mol. The largest absolute Gasteiger partial charge is 0.490 e. The van der Waals surface area contributed by atoms with Crippen LogP contribution in [0.4, 0.5) is 16.6 Å². The number of benzene rings is 4. The number of fused-ring (bicyclic) bond motifs is 3. The predicted molar refractivity (Wildman–Crippen MR) is 308 cm³/mol. The first-order valence-corrected chi connectivity index (χ1v) is 28.8. The number of aryl methyl sites for hydroxylation is 2. The number of thiazole rings is 1. The van der Waals surface area contributed by atoms with Gasteiger partial charge in [-0.1, -0.05) is 60.6 Å². The van der Waals surface area contributed by atoms with E-state index in [2.05, 4.69) is 62.4 Å². The Hall–Kier alpha value is -7.17. The molecule has 1 atom stereocenters. The minimum atomic E-state index is -0.730. The number of nitrogens with zero attached hydrogens (tertiary/aromatic N) is 7. The summed E-state index contributed by atoms with van der Waals surface area (Å²) < 4.78 is 15.7. The minimum absolute atomic E-state index is 0.127. The third kappa shape index (κ3) is 11.2. The van der Waals surface area contributed by atoms with Crippen LogP contribution in [0.3, 0.4) is 0 Å². The van der Waals surface area contributed by atoms with Crippen LogP contribution < -0.4 is 25.2 Å². The van der Waals surface area contributed by atoms with Gasteiger partial charge < -0.3 is 19.3 Å². The molecule has 7 aromatic rings. The molecule has 6 heterocycles. The maximum atomic E-state index is 14.1. The SMILES string of the molecule is Cc1c(OC2CCC(CCCCN3CCN(c4ccc5c(C6CCC(=O)NC6=O)nn(C)c5c4C)CC3)CC2)cccc1-c1ccc(N2CCc3cccc(C(=O)Nc4nc5ccccc5s4)c3C2)nc1C(=O)OC(C)(C)C. The zero-order valence-corrected chi connectivity index (χ0v) is 46.6. The number of carbonyl (C=O) groups excluding carboxylic acids is 4. The van der Waals surface area contributed by atoms with Gasteiger partial charge in [-0.3, -0.25) is 34.6 Å². The molecule has 3 amide bonds. The highest BCUT2D eigenvalue weighted by Crippen LogP contribution is 2.39. The third-order valence-corrected chi connectivity index (χ3v) is 17.3. The van der Waals surface area contributed by atoms with E-state index in [1.807, 2.05) is 99.2 Å². The van der Waals surface area contributed by atoms with E-state index < -0.39 is 17.5 Å². The number of nitrogens with one attached hydrogen (secondary N) is 2. The van der Waals surface area contributed by atoms with Gasteiger partial charge in [0.25, 0.3) is 5.91 Å². The highest BCUT2D eigenvalue weighted by Gasteiger charge is 2.34. The zero-order chi connectivity index (χ0) is 54.2. The van der Waals surface area contributed by atoms with Gasteiger partial charge in [0.05, 0.1) is 33.4 Å². The van der Waals surface area contributed by atoms with E-state index in [0.29, 0.717) is 53.9 Å². The number of para-hydroxylation sites is 1. The van der Waals surface area contributed by atoms with Gasteiger partial charge in [0.15, 0.2) is 10.8 Å². The molecule has 1 saturated carbocycles. The monoisotopic (exact) mass is 1070 g/mol. The van der Waals surface area contributed by atoms with Crippen molar-refractivity contribution < 1.29 is 28.7 Å². The fraction of sp³-hybridized carbons (Fsp3) is 0.435. The first-order valence-electron chi connectivity index (χ1n) is 27.9. The highest BCUT2D eigenvalue weighted by atomic mass is 32.1. The second-order valence-electron chi connectivity index (χ2n) is 22.8. The van der Waals surface area contributed by atoms with Gasteiger partial charge in [0, 0.05) is 74.9 Å². The molecule has 11 rings (SSSR count). The van der Waals surface area contributed by atoms with Crippen LogP contribution in [0.5, 0.6) is 5.75 Å². The van der Waals surface area contributed by atoms with Gasteiger partial charge in [0.1, 0.15) is 17.2 Å². The van der Waals surface area contributed by atoms with Crippen molar-refractivity contribution in [1.29, 1.82) is 0 Å². The summed E-state index contributed by atoms with van der Waals surface area (Å²) in [5.41, 5.74) is 9.75. The molecule has 3 aromatic heterocycles. The Balaban J connectivity index is 0.679. The molecule has 0 radical (unpaired) electrons. The summed E-state index contributed by atoms with van der Waals surface area (Å²) >= 11 is 1.45. The molecule has 3 fully saturated rings. The Morgan fingerprint density at radius 3 is 2.37 bits per heavy atom. The van der Waals surface area contributed by atoms with Crippen molar-refractivity contribution in [2.75, 3.05) is 54.4 Å². The van der Waals surface area contributed by atoms with Crippen LogP contribution in [0.1, 0.15) is 133 Å². The lowest BCUT2D eigenvalue weighted by molar-refractivity contribution is -0.134. The summed E-state index contributed by atoms with van der Waals surface area (Å²) in [7, 11) is 1.95. The zero-order valence-electron chi connectivity index (χ0n) is 45.8. The van der Waals surface area contributed by atoms with Crippen molar-refractivity contribution >= 4 is 72.8 Å². The number of hydrogen-bond donors (Lipinski definition) is 2. The first kappa shape index (κ1) is 52.9. The molecule has 2 N–H and O–H groups in total. The average Bonchev–Trinajstić information content (AvgIpc) is 4.12. The number of anilines is 3. The van der Waals surface area contributed by atoms with Gasteiger partial charge in [0.2, 0.25) is 11.8 Å². The molecule has 4 aromatic carbocycles. The van der Waals surface area contributed by atoms with Crippen LogP contribution in [-0.2, 0) is 34.3 Å². The van der Waals surface area contributed by atoms with Crippen LogP contribution in [0.25, 0.3) is 32.2 Å². The number of hydrogen-bond acceptors (Lipinski definition) is 13. The van der Waals surface area contributed by atoms with E-state index >= 15 is 0 Å². The molecule has 406 valence electrons.